The van der Waals surface area contributed by atoms with E-state index in [4.69, 9.17) is 13.9 Å². The van der Waals surface area contributed by atoms with Gasteiger partial charge in [-0.3, -0.25) is 4.79 Å². The maximum Gasteiger partial charge on any atom is 0.238 e. The first kappa shape index (κ1) is 21.7. The molecule has 1 aromatic heterocycles. The van der Waals surface area contributed by atoms with Gasteiger partial charge in [0.2, 0.25) is 17.5 Å². The summed E-state index contributed by atoms with van der Waals surface area (Å²) in [5.74, 6) is -2.80. The van der Waals surface area contributed by atoms with Crippen LogP contribution in [0.2, 0.25) is 0 Å². The molecule has 1 aliphatic heterocycles. The lowest BCUT2D eigenvalue weighted by Crippen LogP contribution is -2.58. The normalized spacial score (nSPS) is 25.7. The van der Waals surface area contributed by atoms with Crippen LogP contribution in [0.5, 0.6) is 28.7 Å². The molecule has 0 radical (unpaired) electrons. The standard InChI is InChI=1S/C21H20O11/c1-7-15(25)17(27)19(29)21(30-7)31-9-5-12(24)14-13(6-9)32-20(18(28)16(14)26)8-2-3-10(22)11(23)4-8/h2-7,15,17,19,21-25,27-29H,1H3/t7-,15-,17+,19+,21+/m0/s1. The Bertz CT molecular complexity index is 1230. The summed E-state index contributed by atoms with van der Waals surface area (Å²) < 4.78 is 16.4. The highest BCUT2D eigenvalue weighted by Crippen LogP contribution is 2.38. The van der Waals surface area contributed by atoms with Gasteiger partial charge in [-0.15, -0.1) is 0 Å². The summed E-state index contributed by atoms with van der Waals surface area (Å²) in [4.78, 5) is 12.6. The number of phenolic OH excluding ortho intramolecular Hbond substituents is 3. The summed E-state index contributed by atoms with van der Waals surface area (Å²) in [6.07, 6.45) is -6.75. The van der Waals surface area contributed by atoms with Crippen LogP contribution in [-0.4, -0.2) is 66.5 Å². The van der Waals surface area contributed by atoms with Crippen molar-refractivity contribution in [2.75, 3.05) is 0 Å². The molecule has 0 bridgehead atoms. The summed E-state index contributed by atoms with van der Waals surface area (Å²) in [7, 11) is 0. The van der Waals surface area contributed by atoms with Gasteiger partial charge in [-0.05, 0) is 25.1 Å². The Kier molecular flexibility index (Phi) is 5.34. The van der Waals surface area contributed by atoms with E-state index < -0.39 is 59.1 Å². The fourth-order valence-corrected chi connectivity index (χ4v) is 3.44. The second-order valence-electron chi connectivity index (χ2n) is 7.43. The fraction of sp³-hybridized carbons (Fsp3) is 0.286. The first-order chi connectivity index (χ1) is 15.1. The minimum Gasteiger partial charge on any atom is -0.507 e. The third kappa shape index (κ3) is 3.56. The fourth-order valence-electron chi connectivity index (χ4n) is 3.44. The molecule has 1 saturated heterocycles. The molecule has 7 N–H and O–H groups in total. The molecule has 5 atom stereocenters. The van der Waals surface area contributed by atoms with E-state index in [2.05, 4.69) is 0 Å². The van der Waals surface area contributed by atoms with Crippen molar-refractivity contribution in [3.05, 3.63) is 40.6 Å². The molecule has 0 aliphatic carbocycles. The molecule has 2 aromatic carbocycles. The van der Waals surface area contributed by atoms with Crippen LogP contribution in [0.4, 0.5) is 0 Å². The van der Waals surface area contributed by atoms with Crippen molar-refractivity contribution in [1.82, 2.24) is 0 Å². The number of aliphatic hydroxyl groups is 3. The van der Waals surface area contributed by atoms with Gasteiger partial charge < -0.3 is 49.6 Å². The third-order valence-electron chi connectivity index (χ3n) is 5.22. The largest absolute Gasteiger partial charge is 0.507 e. The maximum atomic E-state index is 12.6. The van der Waals surface area contributed by atoms with Gasteiger partial charge >= 0.3 is 0 Å². The van der Waals surface area contributed by atoms with Gasteiger partial charge in [-0.25, -0.2) is 0 Å². The Balaban J connectivity index is 1.78. The molecule has 4 rings (SSSR count). The van der Waals surface area contributed by atoms with Crippen molar-refractivity contribution in [2.45, 2.75) is 37.6 Å². The van der Waals surface area contributed by atoms with E-state index in [0.29, 0.717) is 0 Å². The van der Waals surface area contributed by atoms with Crippen LogP contribution in [0.15, 0.2) is 39.5 Å². The number of hydrogen-bond acceptors (Lipinski definition) is 11. The Labute approximate surface area is 179 Å². The Hall–Kier alpha value is -3.51. The van der Waals surface area contributed by atoms with Crippen molar-refractivity contribution in [3.8, 4) is 40.1 Å². The van der Waals surface area contributed by atoms with Gasteiger partial charge in [0.25, 0.3) is 0 Å². The molecule has 3 aromatic rings. The summed E-state index contributed by atoms with van der Waals surface area (Å²) in [6, 6.07) is 5.72. The van der Waals surface area contributed by atoms with Crippen molar-refractivity contribution < 1.29 is 49.6 Å². The van der Waals surface area contributed by atoms with Crippen LogP contribution in [0.25, 0.3) is 22.3 Å². The number of phenols is 3. The van der Waals surface area contributed by atoms with E-state index in [0.717, 1.165) is 18.2 Å². The molecular formula is C21H20O11. The number of fused-ring (bicyclic) bond motifs is 1. The molecule has 11 heteroatoms. The monoisotopic (exact) mass is 448 g/mol. The van der Waals surface area contributed by atoms with E-state index in [9.17, 15) is 40.5 Å². The van der Waals surface area contributed by atoms with Crippen LogP contribution < -0.4 is 10.2 Å². The summed E-state index contributed by atoms with van der Waals surface area (Å²) in [6.45, 7) is 1.47. The van der Waals surface area contributed by atoms with Gasteiger partial charge in [-0.2, -0.15) is 0 Å². The molecule has 11 nitrogen and oxygen atoms in total. The molecular weight excluding hydrogens is 428 g/mol. The van der Waals surface area contributed by atoms with Gasteiger partial charge in [0, 0.05) is 17.7 Å². The van der Waals surface area contributed by atoms with Crippen molar-refractivity contribution >= 4 is 11.0 Å². The lowest BCUT2D eigenvalue weighted by atomic mass is 10.00. The highest BCUT2D eigenvalue weighted by atomic mass is 16.7. The average Bonchev–Trinajstić information content (AvgIpc) is 2.74. The highest BCUT2D eigenvalue weighted by Gasteiger charge is 2.43. The lowest BCUT2D eigenvalue weighted by molar-refractivity contribution is -0.268. The third-order valence-corrected chi connectivity index (χ3v) is 5.22. The zero-order chi connectivity index (χ0) is 23.3. The number of aromatic hydroxyl groups is 4. The van der Waals surface area contributed by atoms with E-state index in [1.165, 1.54) is 19.1 Å². The van der Waals surface area contributed by atoms with Crippen LogP contribution in [-0.2, 0) is 4.74 Å². The quantitative estimate of drug-likeness (QED) is 0.276. The Morgan fingerprint density at radius 1 is 0.875 bits per heavy atom. The number of rotatable bonds is 3. The van der Waals surface area contributed by atoms with Crippen molar-refractivity contribution in [1.29, 1.82) is 0 Å². The molecule has 0 unspecified atom stereocenters. The minimum atomic E-state index is -1.61. The summed E-state index contributed by atoms with van der Waals surface area (Å²) in [5.41, 5.74) is -1.09. The van der Waals surface area contributed by atoms with Gasteiger partial charge in [0.15, 0.2) is 17.3 Å². The first-order valence-electron chi connectivity index (χ1n) is 9.50. The lowest BCUT2D eigenvalue weighted by Gasteiger charge is -2.38. The number of hydrogen-bond donors (Lipinski definition) is 7. The van der Waals surface area contributed by atoms with E-state index in [1.54, 1.807) is 0 Å². The second kappa shape index (κ2) is 7.88. The molecule has 0 saturated carbocycles. The topological polar surface area (TPSA) is 190 Å². The van der Waals surface area contributed by atoms with E-state index in [-0.39, 0.29) is 28.0 Å². The average molecular weight is 448 g/mol. The SMILES string of the molecule is C[C@@H]1O[C@H](Oc2cc(O)c3c(=O)c(O)c(-c4ccc(O)c(O)c4)oc3c2)[C@H](O)[C@H](O)[C@H]1O. The zero-order valence-electron chi connectivity index (χ0n) is 16.5. The van der Waals surface area contributed by atoms with Crippen molar-refractivity contribution in [3.63, 3.8) is 0 Å². The zero-order valence-corrected chi connectivity index (χ0v) is 16.5. The van der Waals surface area contributed by atoms with Gasteiger partial charge in [0.05, 0.1) is 6.10 Å². The van der Waals surface area contributed by atoms with Crippen molar-refractivity contribution in [2.24, 2.45) is 0 Å². The van der Waals surface area contributed by atoms with E-state index in [1.807, 2.05) is 0 Å². The predicted octanol–water partition coefficient (Wildman–Crippen LogP) is 0.489. The molecule has 1 aliphatic rings. The second-order valence-corrected chi connectivity index (χ2v) is 7.43. The maximum absolute atomic E-state index is 12.6. The first-order valence-corrected chi connectivity index (χ1v) is 9.50. The Morgan fingerprint density at radius 3 is 2.28 bits per heavy atom. The number of aliphatic hydroxyl groups excluding tert-OH is 3. The van der Waals surface area contributed by atoms with Crippen LogP contribution in [0.1, 0.15) is 6.92 Å². The Morgan fingerprint density at radius 2 is 1.59 bits per heavy atom. The minimum absolute atomic E-state index is 0.0691. The number of benzene rings is 2. The molecule has 0 spiro atoms. The molecule has 2 heterocycles. The highest BCUT2D eigenvalue weighted by molar-refractivity contribution is 5.88. The number of ether oxygens (including phenoxy) is 2. The van der Waals surface area contributed by atoms with Crippen LogP contribution in [0, 0.1) is 0 Å². The van der Waals surface area contributed by atoms with Gasteiger partial charge in [0.1, 0.15) is 40.8 Å². The van der Waals surface area contributed by atoms with Crippen LogP contribution >= 0.6 is 0 Å². The summed E-state index contributed by atoms with van der Waals surface area (Å²) in [5, 5.41) is 69.3. The molecule has 0 amide bonds. The van der Waals surface area contributed by atoms with E-state index >= 15 is 0 Å². The molecule has 32 heavy (non-hydrogen) atoms. The van der Waals surface area contributed by atoms with Crippen LogP contribution in [0.3, 0.4) is 0 Å². The van der Waals surface area contributed by atoms with Gasteiger partial charge in [-0.1, -0.05) is 0 Å². The molecule has 1 fully saturated rings. The smallest absolute Gasteiger partial charge is 0.238 e. The molecule has 170 valence electrons. The predicted molar refractivity (Wildman–Crippen MR) is 108 cm³/mol. The summed E-state index contributed by atoms with van der Waals surface area (Å²) >= 11 is 0.